The summed E-state index contributed by atoms with van der Waals surface area (Å²) in [7, 11) is -3.78. The molecule has 0 heterocycles. The van der Waals surface area contributed by atoms with E-state index in [1.54, 1.807) is 41.9 Å². The topological polar surface area (TPSA) is 104 Å². The van der Waals surface area contributed by atoms with Crippen LogP contribution in [0.15, 0.2) is 82.6 Å². The Morgan fingerprint density at radius 3 is 2.03 bits per heavy atom. The maximum atomic E-state index is 12.9. The lowest BCUT2D eigenvalue weighted by Gasteiger charge is -2.15. The third-order valence-electron chi connectivity index (χ3n) is 4.58. The van der Waals surface area contributed by atoms with Crippen LogP contribution in [0.2, 0.25) is 5.02 Å². The minimum Gasteiger partial charge on any atom is -0.508 e. The normalized spacial score (nSPS) is 12.3. The van der Waals surface area contributed by atoms with Gasteiger partial charge in [-0.15, -0.1) is 11.8 Å². The van der Waals surface area contributed by atoms with Gasteiger partial charge in [-0.3, -0.25) is 10.0 Å². The molecule has 0 radical (unpaired) electrons. The first-order chi connectivity index (χ1) is 14.8. The van der Waals surface area contributed by atoms with Gasteiger partial charge in [0, 0.05) is 15.7 Å². The Morgan fingerprint density at radius 1 is 0.935 bits per heavy atom. The molecule has 0 bridgehead atoms. The number of carbonyl (C=O) groups excluding carboxylic acids is 1. The highest BCUT2D eigenvalue weighted by Gasteiger charge is 2.27. The van der Waals surface area contributed by atoms with Crippen LogP contribution < -0.4 is 5.48 Å². The van der Waals surface area contributed by atoms with Crippen molar-refractivity contribution >= 4 is 39.1 Å². The average molecular weight is 478 g/mol. The van der Waals surface area contributed by atoms with Crippen molar-refractivity contribution < 1.29 is 23.5 Å². The molecule has 1 atom stereocenters. The number of hydrogen-bond donors (Lipinski definition) is 3. The predicted octanol–water partition coefficient (Wildman–Crippen LogP) is 4.40. The molecule has 0 aliphatic heterocycles. The van der Waals surface area contributed by atoms with Gasteiger partial charge >= 0.3 is 0 Å². The van der Waals surface area contributed by atoms with E-state index in [9.17, 15) is 18.3 Å². The SMILES string of the molecule is O=C(NO)C(CSc1ccc(O)cc1)CS(=O)(=O)c1ccc(-c2ccc(Cl)cc2)cc1. The molecule has 3 aromatic carbocycles. The zero-order valence-electron chi connectivity index (χ0n) is 16.2. The first kappa shape index (κ1) is 23.1. The number of sulfone groups is 1. The summed E-state index contributed by atoms with van der Waals surface area (Å²) in [4.78, 5) is 12.9. The Labute approximate surface area is 189 Å². The van der Waals surface area contributed by atoms with E-state index in [2.05, 4.69) is 0 Å². The number of phenolic OH excluding ortho intramolecular Hbond substituents is 1. The highest BCUT2D eigenvalue weighted by molar-refractivity contribution is 7.99. The minimum absolute atomic E-state index is 0.0931. The number of hydroxylamine groups is 1. The highest BCUT2D eigenvalue weighted by Crippen LogP contribution is 2.27. The lowest BCUT2D eigenvalue weighted by molar-refractivity contribution is -0.132. The Balaban J connectivity index is 1.74. The van der Waals surface area contributed by atoms with Crippen LogP contribution in [0, 0.1) is 5.92 Å². The maximum Gasteiger partial charge on any atom is 0.248 e. The molecule has 9 heteroatoms. The fourth-order valence-electron chi connectivity index (χ4n) is 2.89. The zero-order chi connectivity index (χ0) is 22.4. The molecule has 0 aliphatic carbocycles. The van der Waals surface area contributed by atoms with Crippen LogP contribution in [0.25, 0.3) is 11.1 Å². The number of phenols is 1. The predicted molar refractivity (Wildman–Crippen MR) is 121 cm³/mol. The average Bonchev–Trinajstić information content (AvgIpc) is 2.77. The molecule has 0 saturated carbocycles. The minimum atomic E-state index is -3.78. The fraction of sp³-hybridized carbons (Fsp3) is 0.136. The molecule has 1 unspecified atom stereocenters. The first-order valence-electron chi connectivity index (χ1n) is 9.23. The van der Waals surface area contributed by atoms with Crippen molar-refractivity contribution in [1.82, 2.24) is 5.48 Å². The second-order valence-corrected chi connectivity index (χ2v) is 10.4. The van der Waals surface area contributed by atoms with Gasteiger partial charge in [-0.05, 0) is 59.7 Å². The van der Waals surface area contributed by atoms with Crippen LogP contribution >= 0.6 is 23.4 Å². The number of aromatic hydroxyl groups is 1. The van der Waals surface area contributed by atoms with E-state index in [0.29, 0.717) is 5.02 Å². The number of hydrogen-bond acceptors (Lipinski definition) is 6. The van der Waals surface area contributed by atoms with E-state index < -0.39 is 27.4 Å². The molecule has 0 aliphatic rings. The Bertz CT molecular complexity index is 1130. The molecule has 162 valence electrons. The second-order valence-electron chi connectivity index (χ2n) is 6.79. The van der Waals surface area contributed by atoms with E-state index >= 15 is 0 Å². The molecule has 1 amide bonds. The largest absolute Gasteiger partial charge is 0.508 e. The van der Waals surface area contributed by atoms with Crippen molar-refractivity contribution in [2.75, 3.05) is 11.5 Å². The van der Waals surface area contributed by atoms with Gasteiger partial charge in [0.15, 0.2) is 9.84 Å². The number of carbonyl (C=O) groups is 1. The van der Waals surface area contributed by atoms with Crippen LogP contribution in [0.1, 0.15) is 0 Å². The molecule has 0 aromatic heterocycles. The summed E-state index contributed by atoms with van der Waals surface area (Å²) in [5, 5.41) is 19.0. The monoisotopic (exact) mass is 477 g/mol. The van der Waals surface area contributed by atoms with Crippen LogP contribution in [-0.2, 0) is 14.6 Å². The van der Waals surface area contributed by atoms with Crippen molar-refractivity contribution in [2.24, 2.45) is 5.92 Å². The second kappa shape index (κ2) is 10.2. The van der Waals surface area contributed by atoms with Crippen molar-refractivity contribution in [3.63, 3.8) is 0 Å². The van der Waals surface area contributed by atoms with Gasteiger partial charge in [0.25, 0.3) is 0 Å². The number of thioether (sulfide) groups is 1. The third-order valence-corrected chi connectivity index (χ3v) is 7.84. The van der Waals surface area contributed by atoms with Crippen molar-refractivity contribution in [3.8, 4) is 16.9 Å². The molecule has 31 heavy (non-hydrogen) atoms. The summed E-state index contributed by atoms with van der Waals surface area (Å²) in [6, 6.07) is 19.9. The summed E-state index contributed by atoms with van der Waals surface area (Å²) in [6.45, 7) is 0. The molecule has 0 fully saturated rings. The van der Waals surface area contributed by atoms with Gasteiger partial charge in [0.2, 0.25) is 5.91 Å². The Hall–Kier alpha value is -2.52. The molecule has 0 spiro atoms. The van der Waals surface area contributed by atoms with Crippen molar-refractivity contribution in [3.05, 3.63) is 77.8 Å². The Kier molecular flexibility index (Phi) is 7.61. The molecular formula is C22H20ClNO5S2. The summed E-state index contributed by atoms with van der Waals surface area (Å²) >= 11 is 7.16. The van der Waals surface area contributed by atoms with Crippen molar-refractivity contribution in [2.45, 2.75) is 9.79 Å². The quantitative estimate of drug-likeness (QED) is 0.252. The maximum absolute atomic E-state index is 12.9. The standard InChI is InChI=1S/C22H20ClNO5S2/c23-18-5-1-15(2-6-18)16-3-11-21(12-4-16)31(28,29)14-17(22(26)24-27)13-30-20-9-7-19(25)8-10-20/h1-12,17,25,27H,13-14H2,(H,24,26). The van der Waals surface area contributed by atoms with E-state index in [-0.39, 0.29) is 16.4 Å². The summed E-state index contributed by atoms with van der Waals surface area (Å²) in [5.41, 5.74) is 3.29. The smallest absolute Gasteiger partial charge is 0.248 e. The summed E-state index contributed by atoms with van der Waals surface area (Å²) < 4.78 is 25.8. The van der Waals surface area contributed by atoms with Crippen LogP contribution in [0.5, 0.6) is 5.75 Å². The molecular weight excluding hydrogens is 458 g/mol. The van der Waals surface area contributed by atoms with Crippen molar-refractivity contribution in [1.29, 1.82) is 0 Å². The molecule has 3 rings (SSSR count). The van der Waals surface area contributed by atoms with E-state index in [4.69, 9.17) is 16.8 Å². The highest BCUT2D eigenvalue weighted by atomic mass is 35.5. The van der Waals surface area contributed by atoms with E-state index in [1.165, 1.54) is 36.0 Å². The van der Waals surface area contributed by atoms with Gasteiger partial charge in [0.05, 0.1) is 16.6 Å². The lowest BCUT2D eigenvalue weighted by atomic mass is 10.1. The van der Waals surface area contributed by atoms with Gasteiger partial charge in [-0.25, -0.2) is 13.9 Å². The molecule has 3 N–H and O–H groups in total. The van der Waals surface area contributed by atoms with E-state index in [1.807, 2.05) is 12.1 Å². The number of nitrogens with one attached hydrogen (secondary N) is 1. The number of amides is 1. The molecule has 6 nitrogen and oxygen atoms in total. The van der Waals surface area contributed by atoms with E-state index in [0.717, 1.165) is 16.0 Å². The number of benzene rings is 3. The van der Waals surface area contributed by atoms with Gasteiger partial charge < -0.3 is 5.11 Å². The Morgan fingerprint density at radius 2 is 1.48 bits per heavy atom. The van der Waals surface area contributed by atoms with Crippen LogP contribution in [0.3, 0.4) is 0 Å². The number of rotatable bonds is 8. The zero-order valence-corrected chi connectivity index (χ0v) is 18.6. The van der Waals surface area contributed by atoms with Gasteiger partial charge in [0.1, 0.15) is 5.75 Å². The lowest BCUT2D eigenvalue weighted by Crippen LogP contribution is -2.34. The summed E-state index contributed by atoms with van der Waals surface area (Å²) in [5.74, 6) is -1.94. The number of halogens is 1. The summed E-state index contributed by atoms with van der Waals surface area (Å²) in [6.07, 6.45) is 0. The van der Waals surface area contributed by atoms with Gasteiger partial charge in [-0.2, -0.15) is 0 Å². The molecule has 0 saturated heterocycles. The van der Waals surface area contributed by atoms with Crippen LogP contribution in [0.4, 0.5) is 0 Å². The fourth-order valence-corrected chi connectivity index (χ4v) is 5.70. The van der Waals surface area contributed by atoms with Crippen LogP contribution in [-0.4, -0.2) is 36.1 Å². The third kappa shape index (κ3) is 6.24. The van der Waals surface area contributed by atoms with Gasteiger partial charge in [-0.1, -0.05) is 35.9 Å². The molecule has 3 aromatic rings. The first-order valence-corrected chi connectivity index (χ1v) is 12.2.